The molecule has 2 N–H and O–H groups in total. The second-order valence-corrected chi connectivity index (χ2v) is 6.20. The molecule has 0 spiro atoms. The van der Waals surface area contributed by atoms with Crippen LogP contribution in [0.3, 0.4) is 0 Å². The zero-order valence-corrected chi connectivity index (χ0v) is 15.6. The summed E-state index contributed by atoms with van der Waals surface area (Å²) in [5, 5.41) is 5.64. The summed E-state index contributed by atoms with van der Waals surface area (Å²) >= 11 is 0. The van der Waals surface area contributed by atoms with Gasteiger partial charge in [-0.15, -0.1) is 25.6 Å². The van der Waals surface area contributed by atoms with Crippen LogP contribution in [0.5, 0.6) is 5.75 Å². The van der Waals surface area contributed by atoms with Crippen LogP contribution in [0.1, 0.15) is 23.1 Å². The van der Waals surface area contributed by atoms with Gasteiger partial charge < -0.3 is 15.4 Å². The van der Waals surface area contributed by atoms with Gasteiger partial charge in [-0.2, -0.15) is 0 Å². The van der Waals surface area contributed by atoms with Crippen molar-refractivity contribution in [2.75, 3.05) is 11.9 Å². The fourth-order valence-corrected chi connectivity index (χ4v) is 3.03. The van der Waals surface area contributed by atoms with Gasteiger partial charge in [-0.3, -0.25) is 4.79 Å². The summed E-state index contributed by atoms with van der Waals surface area (Å²) in [6, 6.07) is 8.89. The molecule has 0 saturated heterocycles. The molecule has 0 fully saturated rings. The topological polar surface area (TPSA) is 50.4 Å². The summed E-state index contributed by atoms with van der Waals surface area (Å²) < 4.78 is 55.8. The van der Waals surface area contributed by atoms with Gasteiger partial charge in [0.05, 0.1) is 5.69 Å². The highest BCUT2D eigenvalue weighted by molar-refractivity contribution is 5.91. The molecule has 28 heavy (non-hydrogen) atoms. The van der Waals surface area contributed by atoms with Crippen molar-refractivity contribution in [3.8, 4) is 5.75 Å². The quantitative estimate of drug-likeness (QED) is 0.709. The lowest BCUT2D eigenvalue weighted by molar-refractivity contribution is -0.274. The maximum atomic E-state index is 14.5. The lowest BCUT2D eigenvalue weighted by Gasteiger charge is -2.19. The fourth-order valence-electron chi connectivity index (χ4n) is 3.03. The average molecular weight is 419 g/mol. The molecule has 0 unspecified atom stereocenters. The smallest absolute Gasteiger partial charge is 0.406 e. The maximum absolute atomic E-state index is 14.5. The third-order valence-corrected chi connectivity index (χ3v) is 4.30. The molecule has 0 radical (unpaired) electrons. The van der Waals surface area contributed by atoms with Crippen molar-refractivity contribution in [1.29, 1.82) is 0 Å². The van der Waals surface area contributed by atoms with Gasteiger partial charge in [0.1, 0.15) is 11.6 Å². The molecule has 0 bridgehead atoms. The van der Waals surface area contributed by atoms with E-state index in [1.807, 2.05) is 0 Å². The molecule has 1 aliphatic heterocycles. The molecule has 4 nitrogen and oxygen atoms in total. The van der Waals surface area contributed by atoms with E-state index in [1.165, 1.54) is 24.3 Å². The molecule has 0 atom stereocenters. The molecule has 1 aliphatic rings. The SMILES string of the molecule is Cl.O=C(CCc1ccccc1OC(F)(F)F)Nc1ccc2c(c1F)CCNC2. The van der Waals surface area contributed by atoms with Crippen LogP contribution in [-0.2, 0) is 24.2 Å². The van der Waals surface area contributed by atoms with Crippen molar-refractivity contribution in [3.05, 3.63) is 58.9 Å². The molecule has 0 saturated carbocycles. The number of hydrogen-bond donors (Lipinski definition) is 2. The summed E-state index contributed by atoms with van der Waals surface area (Å²) in [5.74, 6) is -1.28. The van der Waals surface area contributed by atoms with Gasteiger partial charge in [-0.25, -0.2) is 4.39 Å². The van der Waals surface area contributed by atoms with Crippen LogP contribution in [0, 0.1) is 5.82 Å². The lowest BCUT2D eigenvalue weighted by Crippen LogP contribution is -2.25. The Hall–Kier alpha value is -2.32. The predicted octanol–water partition coefficient (Wildman–Crippen LogP) is 4.36. The number of aryl methyl sites for hydroxylation is 1. The minimum Gasteiger partial charge on any atom is -0.406 e. The first-order chi connectivity index (χ1) is 12.8. The molecule has 9 heteroatoms. The maximum Gasteiger partial charge on any atom is 0.573 e. The molecule has 1 amide bonds. The Kier molecular flexibility index (Phi) is 7.26. The monoisotopic (exact) mass is 418 g/mol. The van der Waals surface area contributed by atoms with Gasteiger partial charge in [0, 0.05) is 13.0 Å². The number of hydrogen-bond acceptors (Lipinski definition) is 3. The molecule has 152 valence electrons. The van der Waals surface area contributed by atoms with Crippen LogP contribution in [0.4, 0.5) is 23.2 Å². The van der Waals surface area contributed by atoms with Crippen molar-refractivity contribution in [1.82, 2.24) is 5.32 Å². The molecule has 2 aromatic carbocycles. The zero-order chi connectivity index (χ0) is 19.4. The Balaban J connectivity index is 0.00000280. The van der Waals surface area contributed by atoms with Gasteiger partial charge in [-0.05, 0) is 48.2 Å². The van der Waals surface area contributed by atoms with Crippen LogP contribution < -0.4 is 15.4 Å². The number of halogens is 5. The molecule has 1 heterocycles. The van der Waals surface area contributed by atoms with E-state index in [2.05, 4.69) is 15.4 Å². The number of carbonyl (C=O) groups is 1. The highest BCUT2D eigenvalue weighted by atomic mass is 35.5. The van der Waals surface area contributed by atoms with Crippen molar-refractivity contribution in [3.63, 3.8) is 0 Å². The number of carbonyl (C=O) groups excluding carboxylic acids is 1. The Labute approximate surface area is 165 Å². The van der Waals surface area contributed by atoms with E-state index in [0.29, 0.717) is 25.1 Å². The lowest BCUT2D eigenvalue weighted by atomic mass is 9.99. The molecule has 0 aliphatic carbocycles. The van der Waals surface area contributed by atoms with E-state index in [9.17, 15) is 22.4 Å². The first-order valence-electron chi connectivity index (χ1n) is 8.48. The average Bonchev–Trinajstić information content (AvgIpc) is 2.62. The van der Waals surface area contributed by atoms with Crippen LogP contribution in [-0.4, -0.2) is 18.8 Å². The van der Waals surface area contributed by atoms with Gasteiger partial charge in [-0.1, -0.05) is 24.3 Å². The van der Waals surface area contributed by atoms with E-state index >= 15 is 0 Å². The van der Waals surface area contributed by atoms with Crippen LogP contribution in [0.25, 0.3) is 0 Å². The summed E-state index contributed by atoms with van der Waals surface area (Å²) in [6.07, 6.45) is -4.34. The second kappa shape index (κ2) is 9.25. The number of fused-ring (bicyclic) bond motifs is 1. The van der Waals surface area contributed by atoms with E-state index in [4.69, 9.17) is 0 Å². The number of alkyl halides is 3. The highest BCUT2D eigenvalue weighted by Gasteiger charge is 2.32. The van der Waals surface area contributed by atoms with Crippen molar-refractivity contribution >= 4 is 24.0 Å². The largest absolute Gasteiger partial charge is 0.573 e. The third kappa shape index (κ3) is 5.59. The van der Waals surface area contributed by atoms with E-state index in [0.717, 1.165) is 5.56 Å². The molecular formula is C19H19ClF4N2O2. The number of ether oxygens (including phenoxy) is 1. The summed E-state index contributed by atoms with van der Waals surface area (Å²) in [7, 11) is 0. The van der Waals surface area contributed by atoms with E-state index in [1.54, 1.807) is 12.1 Å². The van der Waals surface area contributed by atoms with Gasteiger partial charge in [0.2, 0.25) is 5.91 Å². The second-order valence-electron chi connectivity index (χ2n) is 6.20. The highest BCUT2D eigenvalue weighted by Crippen LogP contribution is 2.28. The van der Waals surface area contributed by atoms with Crippen LogP contribution >= 0.6 is 12.4 Å². The Bertz CT molecular complexity index is 843. The number of anilines is 1. The molecule has 0 aromatic heterocycles. The Morgan fingerprint density at radius 1 is 1.18 bits per heavy atom. The van der Waals surface area contributed by atoms with Crippen LogP contribution in [0.2, 0.25) is 0 Å². The van der Waals surface area contributed by atoms with Gasteiger partial charge in [0.25, 0.3) is 0 Å². The molecular weight excluding hydrogens is 400 g/mol. The van der Waals surface area contributed by atoms with Crippen molar-refractivity contribution in [2.45, 2.75) is 32.2 Å². The minimum atomic E-state index is -4.81. The minimum absolute atomic E-state index is 0. The van der Waals surface area contributed by atoms with Crippen molar-refractivity contribution in [2.24, 2.45) is 0 Å². The predicted molar refractivity (Wildman–Crippen MR) is 99.1 cm³/mol. The Morgan fingerprint density at radius 3 is 2.68 bits per heavy atom. The van der Waals surface area contributed by atoms with Gasteiger partial charge in [0.15, 0.2) is 0 Å². The standard InChI is InChI=1S/C19H18F4N2O2.ClH/c20-18-14-9-10-24-11-13(14)5-7-15(18)25-17(26)8-6-12-3-1-2-4-16(12)27-19(21,22)23;/h1-5,7,24H,6,8-11H2,(H,25,26);1H. The number of rotatable bonds is 5. The molecule has 3 rings (SSSR count). The number of amides is 1. The summed E-state index contributed by atoms with van der Waals surface area (Å²) in [5.41, 5.74) is 1.77. The van der Waals surface area contributed by atoms with Crippen molar-refractivity contribution < 1.29 is 27.1 Å². The first-order valence-corrected chi connectivity index (χ1v) is 8.48. The van der Waals surface area contributed by atoms with Crippen LogP contribution in [0.15, 0.2) is 36.4 Å². The first kappa shape index (κ1) is 22.0. The van der Waals surface area contributed by atoms with E-state index in [-0.39, 0.29) is 42.2 Å². The Morgan fingerprint density at radius 2 is 1.93 bits per heavy atom. The fraction of sp³-hybridized carbons (Fsp3) is 0.316. The third-order valence-electron chi connectivity index (χ3n) is 4.30. The summed E-state index contributed by atoms with van der Waals surface area (Å²) in [6.45, 7) is 1.24. The number of para-hydroxylation sites is 1. The van der Waals surface area contributed by atoms with E-state index < -0.39 is 18.1 Å². The summed E-state index contributed by atoms with van der Waals surface area (Å²) in [4.78, 5) is 12.1. The molecule has 2 aromatic rings. The zero-order valence-electron chi connectivity index (χ0n) is 14.7. The number of nitrogens with one attached hydrogen (secondary N) is 2. The normalized spacial score (nSPS) is 13.3. The van der Waals surface area contributed by atoms with Gasteiger partial charge >= 0.3 is 6.36 Å². The number of benzene rings is 2.